The maximum atomic E-state index is 13.4. The number of carboxylic acid groups (broad SMARTS) is 1. The normalized spacial score (nSPS) is 13.9. The molecule has 1 fully saturated rings. The third-order valence-electron chi connectivity index (χ3n) is 7.27. The van der Waals surface area contributed by atoms with Crippen molar-refractivity contribution < 1.29 is 41.6 Å². The van der Waals surface area contributed by atoms with Gasteiger partial charge in [-0.25, -0.2) is 19.6 Å². The molecule has 1 aliphatic rings. The predicted octanol–water partition coefficient (Wildman–Crippen LogP) is 3.96. The number of carboxylic acids is 1. The Morgan fingerprint density at radius 3 is 2.24 bits per heavy atom. The molecule has 2 N–H and O–H groups in total. The van der Waals surface area contributed by atoms with E-state index in [4.69, 9.17) is 14.9 Å². The van der Waals surface area contributed by atoms with Crippen molar-refractivity contribution in [3.8, 4) is 22.8 Å². The molecule has 9 nitrogen and oxygen atoms in total. The number of fused-ring (bicyclic) bond motifs is 1. The highest BCUT2D eigenvalue weighted by Crippen LogP contribution is 2.33. The predicted molar refractivity (Wildman–Crippen MR) is 148 cm³/mol. The van der Waals surface area contributed by atoms with E-state index in [2.05, 4.69) is 40.3 Å². The summed E-state index contributed by atoms with van der Waals surface area (Å²) in [6, 6.07) is 15.6. The first-order chi connectivity index (χ1) is 21.2. The smallest absolute Gasteiger partial charge is 0.434 e. The largest absolute Gasteiger partial charge is 0.542 e. The summed E-state index contributed by atoms with van der Waals surface area (Å²) in [5, 5.41) is 16.2. The lowest BCUT2D eigenvalue weighted by atomic mass is 9.97. The van der Waals surface area contributed by atoms with Crippen molar-refractivity contribution in [3.63, 3.8) is 0 Å². The van der Waals surface area contributed by atoms with Gasteiger partial charge in [-0.05, 0) is 17.0 Å². The maximum Gasteiger partial charge on any atom is 0.434 e. The first-order valence-corrected chi connectivity index (χ1v) is 13.9. The van der Waals surface area contributed by atoms with Gasteiger partial charge in [0.15, 0.2) is 17.2 Å². The van der Waals surface area contributed by atoms with E-state index in [1.54, 1.807) is 17.0 Å². The Morgan fingerprint density at radius 2 is 1.67 bits per heavy atom. The topological polar surface area (TPSA) is 118 Å². The molecule has 15 heteroatoms. The fourth-order valence-corrected chi connectivity index (χ4v) is 4.81. The highest BCUT2D eigenvalue weighted by atomic mass is 19.4. The fourth-order valence-electron chi connectivity index (χ4n) is 4.81. The second-order valence-corrected chi connectivity index (χ2v) is 10.8. The van der Waals surface area contributed by atoms with E-state index in [0.717, 1.165) is 41.4 Å². The number of rotatable bonds is 6. The molecule has 6 rings (SSSR count). The van der Waals surface area contributed by atoms with Crippen LogP contribution in [0.1, 0.15) is 42.6 Å². The first kappa shape index (κ1) is 31.6. The molecule has 0 amide bonds. The van der Waals surface area contributed by atoms with E-state index in [-0.39, 0.29) is 6.04 Å². The molecule has 1 aliphatic heterocycles. The summed E-state index contributed by atoms with van der Waals surface area (Å²) in [6.07, 6.45) is -5.01. The molecule has 2 aromatic carbocycles. The summed E-state index contributed by atoms with van der Waals surface area (Å²) in [7, 11) is 0. The minimum Gasteiger partial charge on any atom is -0.542 e. The number of carbonyl (C=O) groups excluding carboxylic acids is 1. The van der Waals surface area contributed by atoms with Crippen LogP contribution in [0.25, 0.3) is 33.8 Å². The van der Waals surface area contributed by atoms with E-state index in [9.17, 15) is 26.3 Å². The van der Waals surface area contributed by atoms with E-state index in [1.807, 2.05) is 47.1 Å². The fraction of sp³-hybridized carbons (Fsp3) is 0.300. The Hall–Kier alpha value is -4.79. The average molecular weight is 632 g/mol. The number of nitrogens with zero attached hydrogens (tertiary/aromatic N) is 6. The van der Waals surface area contributed by atoms with Crippen LogP contribution >= 0.6 is 0 Å². The molecule has 45 heavy (non-hydrogen) atoms. The Balaban J connectivity index is 0.000000515. The van der Waals surface area contributed by atoms with Crippen molar-refractivity contribution >= 4 is 17.0 Å². The van der Waals surface area contributed by atoms with Crippen LogP contribution < -0.4 is 10.4 Å². The van der Waals surface area contributed by atoms with Crippen LogP contribution in [0.15, 0.2) is 67.1 Å². The van der Waals surface area contributed by atoms with Crippen LogP contribution in [0.3, 0.4) is 0 Å². The van der Waals surface area contributed by atoms with Crippen molar-refractivity contribution in [1.82, 2.24) is 29.3 Å². The van der Waals surface area contributed by atoms with Crippen molar-refractivity contribution in [1.29, 1.82) is 0 Å². The Bertz CT molecular complexity index is 1810. The molecule has 3 aromatic heterocycles. The second kappa shape index (κ2) is 12.3. The number of benzene rings is 2. The third-order valence-corrected chi connectivity index (χ3v) is 7.27. The second-order valence-electron chi connectivity index (χ2n) is 10.8. The molecule has 0 bridgehead atoms. The van der Waals surface area contributed by atoms with Gasteiger partial charge in [-0.15, -0.1) is 0 Å². The molecular formula is C30H27F6N7O2. The van der Waals surface area contributed by atoms with Crippen LogP contribution in [-0.4, -0.2) is 54.5 Å². The van der Waals surface area contributed by atoms with E-state index < -0.39 is 24.0 Å². The number of carbonyl (C=O) groups is 1. The number of aliphatic carboxylic acids is 1. The van der Waals surface area contributed by atoms with Crippen molar-refractivity contribution in [2.45, 2.75) is 44.7 Å². The van der Waals surface area contributed by atoms with Crippen LogP contribution in [0.4, 0.5) is 26.3 Å². The minimum absolute atomic E-state index is 0.0124. The quantitative estimate of drug-likeness (QED) is 0.284. The zero-order valence-corrected chi connectivity index (χ0v) is 24.0. The molecule has 0 radical (unpaired) electrons. The molecule has 0 aliphatic carbocycles. The highest BCUT2D eigenvalue weighted by molar-refractivity contribution is 5.76. The lowest BCUT2D eigenvalue weighted by Crippen LogP contribution is -2.96. The zero-order valence-electron chi connectivity index (χ0n) is 24.0. The number of halogens is 6. The number of nitrogens with two attached hydrogens (primary N) is 1. The van der Waals surface area contributed by atoms with Crippen LogP contribution in [0.5, 0.6) is 0 Å². The summed E-state index contributed by atoms with van der Waals surface area (Å²) in [4.78, 5) is 22.2. The summed E-state index contributed by atoms with van der Waals surface area (Å²) in [6.45, 7) is 6.25. The van der Waals surface area contributed by atoms with Gasteiger partial charge in [0.05, 0.1) is 18.1 Å². The van der Waals surface area contributed by atoms with Gasteiger partial charge in [0, 0.05) is 23.5 Å². The molecule has 0 unspecified atom stereocenters. The third kappa shape index (κ3) is 6.98. The Labute approximate surface area is 252 Å². The minimum atomic E-state index is -5.19. The molecule has 236 valence electrons. The van der Waals surface area contributed by atoms with Gasteiger partial charge in [-0.1, -0.05) is 62.4 Å². The van der Waals surface area contributed by atoms with E-state index in [0.29, 0.717) is 29.7 Å². The van der Waals surface area contributed by atoms with Gasteiger partial charge in [0.25, 0.3) is 0 Å². The molecule has 0 spiro atoms. The number of hydrogen-bond acceptors (Lipinski definition) is 6. The van der Waals surface area contributed by atoms with Crippen LogP contribution in [-0.2, 0) is 17.5 Å². The summed E-state index contributed by atoms with van der Waals surface area (Å²) in [5.74, 6) is -1.68. The van der Waals surface area contributed by atoms with E-state index in [1.165, 1.54) is 5.56 Å². The van der Waals surface area contributed by atoms with Gasteiger partial charge in [-0.2, -0.15) is 31.4 Å². The number of quaternary nitrogens is 1. The van der Waals surface area contributed by atoms with Gasteiger partial charge in [-0.3, -0.25) is 0 Å². The van der Waals surface area contributed by atoms with E-state index >= 15 is 0 Å². The molecule has 5 aromatic rings. The monoisotopic (exact) mass is 631 g/mol. The van der Waals surface area contributed by atoms with Gasteiger partial charge in [0.1, 0.15) is 30.9 Å². The van der Waals surface area contributed by atoms with Crippen LogP contribution in [0, 0.1) is 0 Å². The standard InChI is InChI=1S/C28H26F3N7.C2HF3O2/c1-17(2)22-5-3-4-6-23(22)25-33-11-20-12-34-38(27(20)36-25)15-18-7-9-19(10-8-18)26-35-24(28(29,30)31)16-37(26)21-13-32-14-21;3-2(4,5)1(6)7/h3-12,16-17,21,32H,13-15H2,1-2H3;(H,6,7). The molecular weight excluding hydrogens is 604 g/mol. The van der Waals surface area contributed by atoms with Crippen molar-refractivity contribution in [2.75, 3.05) is 13.1 Å². The number of imidazole rings is 1. The lowest BCUT2D eigenvalue weighted by molar-refractivity contribution is -0.718. The van der Waals surface area contributed by atoms with Crippen molar-refractivity contribution in [3.05, 3.63) is 83.9 Å². The summed E-state index contributed by atoms with van der Waals surface area (Å²) >= 11 is 0. The molecule has 4 heterocycles. The average Bonchev–Trinajstić information content (AvgIpc) is 3.57. The molecule has 1 saturated heterocycles. The molecule has 0 atom stereocenters. The summed E-state index contributed by atoms with van der Waals surface area (Å²) < 4.78 is 75.2. The van der Waals surface area contributed by atoms with Crippen LogP contribution in [0.2, 0.25) is 0 Å². The first-order valence-electron chi connectivity index (χ1n) is 13.9. The molecule has 0 saturated carbocycles. The SMILES string of the molecule is CC(C)c1ccccc1-c1ncc2cnn(Cc3ccc(-c4nc(C(F)(F)F)cn4C4C[NH2+]C4)cc3)c2n1.O=C([O-])C(F)(F)F. The maximum absolute atomic E-state index is 13.4. The van der Waals surface area contributed by atoms with Gasteiger partial charge >= 0.3 is 12.4 Å². The number of hydrogen-bond donors (Lipinski definition) is 1. The highest BCUT2D eigenvalue weighted by Gasteiger charge is 2.37. The van der Waals surface area contributed by atoms with Gasteiger partial charge in [0.2, 0.25) is 0 Å². The van der Waals surface area contributed by atoms with Crippen molar-refractivity contribution in [2.24, 2.45) is 0 Å². The summed E-state index contributed by atoms with van der Waals surface area (Å²) in [5.41, 5.74) is 3.65. The Morgan fingerprint density at radius 1 is 1.00 bits per heavy atom. The number of aromatic nitrogens is 6. The number of alkyl halides is 6. The lowest BCUT2D eigenvalue weighted by Gasteiger charge is -2.25. The van der Waals surface area contributed by atoms with Gasteiger partial charge < -0.3 is 19.8 Å². The Kier molecular flexibility index (Phi) is 8.65. The zero-order chi connectivity index (χ0) is 32.5.